The van der Waals surface area contributed by atoms with E-state index >= 15 is 0 Å². The molecule has 1 aliphatic rings. The fourth-order valence-corrected chi connectivity index (χ4v) is 3.08. The second-order valence-electron chi connectivity index (χ2n) is 5.89. The Hall–Kier alpha value is -3.10. The summed E-state index contributed by atoms with van der Waals surface area (Å²) in [5.41, 5.74) is -0.315. The lowest BCUT2D eigenvalue weighted by Gasteiger charge is -2.19. The molecule has 1 aliphatic heterocycles. The number of allylic oxidation sites excluding steroid dienone is 3. The van der Waals surface area contributed by atoms with Crippen LogP contribution in [0.25, 0.3) is 16.5 Å². The summed E-state index contributed by atoms with van der Waals surface area (Å²) in [5.74, 6) is -1.15. The van der Waals surface area contributed by atoms with Gasteiger partial charge in [0.25, 0.3) is 0 Å². The minimum atomic E-state index is -4.84. The molecule has 27 heavy (non-hydrogen) atoms. The highest BCUT2D eigenvalue weighted by molar-refractivity contribution is 5.99. The van der Waals surface area contributed by atoms with E-state index in [-0.39, 0.29) is 28.7 Å². The molecule has 4 N–H and O–H groups in total. The van der Waals surface area contributed by atoms with Gasteiger partial charge in [0.05, 0.1) is 11.7 Å². The molecule has 0 unspecified atom stereocenters. The zero-order valence-corrected chi connectivity index (χ0v) is 14.6. The average molecular weight is 379 g/mol. The number of rotatable bonds is 3. The first-order valence-corrected chi connectivity index (χ1v) is 8.15. The molecule has 9 heteroatoms. The van der Waals surface area contributed by atoms with Crippen LogP contribution in [0.15, 0.2) is 36.3 Å². The van der Waals surface area contributed by atoms with E-state index < -0.39 is 17.6 Å². The summed E-state index contributed by atoms with van der Waals surface area (Å²) in [5, 5.41) is 19.5. The predicted molar refractivity (Wildman–Crippen MR) is 95.6 cm³/mol. The van der Waals surface area contributed by atoms with Gasteiger partial charge in [0.15, 0.2) is 0 Å². The molecule has 3 rings (SSSR count). The second kappa shape index (κ2) is 6.90. The third kappa shape index (κ3) is 3.32. The standard InChI is InChI=1S/C18H17F4N5/c1-3-11-14(9-4-5-25-10(6-9)7-13(23)24-2)12-8-26-27-17(12)15(16(11)19)18(20,21)22/h4-8,25H,3H2,1-2H3,(H2,23,24)(H,26,27)/b10-7-. The van der Waals surface area contributed by atoms with Gasteiger partial charge in [0, 0.05) is 30.4 Å². The third-order valence-electron chi connectivity index (χ3n) is 4.26. The van der Waals surface area contributed by atoms with E-state index in [1.165, 1.54) is 12.3 Å². The lowest BCUT2D eigenvalue weighted by molar-refractivity contribution is -0.138. The van der Waals surface area contributed by atoms with Crippen molar-refractivity contribution in [2.75, 3.05) is 7.05 Å². The lowest BCUT2D eigenvalue weighted by atomic mass is 9.90. The van der Waals surface area contributed by atoms with Crippen molar-refractivity contribution in [3.05, 3.63) is 58.8 Å². The van der Waals surface area contributed by atoms with Gasteiger partial charge in [-0.25, -0.2) is 4.39 Å². The fraction of sp³-hybridized carbons (Fsp3) is 0.222. The number of alkyl halides is 3. The minimum Gasteiger partial charge on any atom is -0.374 e. The number of aromatic amines is 1. The molecule has 0 radical (unpaired) electrons. The Morgan fingerprint density at radius 1 is 1.37 bits per heavy atom. The molecule has 1 aromatic heterocycles. The Balaban J connectivity index is 2.30. The summed E-state index contributed by atoms with van der Waals surface area (Å²) in [6.07, 6.45) is 2.91. The van der Waals surface area contributed by atoms with E-state index in [9.17, 15) is 17.6 Å². The highest BCUT2D eigenvalue weighted by Gasteiger charge is 2.39. The van der Waals surface area contributed by atoms with Crippen LogP contribution in [-0.4, -0.2) is 23.1 Å². The molecule has 142 valence electrons. The van der Waals surface area contributed by atoms with Gasteiger partial charge in [-0.3, -0.25) is 10.5 Å². The van der Waals surface area contributed by atoms with Gasteiger partial charge in [-0.15, -0.1) is 0 Å². The fourth-order valence-electron chi connectivity index (χ4n) is 3.08. The van der Waals surface area contributed by atoms with Gasteiger partial charge in [-0.1, -0.05) is 6.92 Å². The Morgan fingerprint density at radius 2 is 2.11 bits per heavy atom. The first-order valence-electron chi connectivity index (χ1n) is 8.15. The van der Waals surface area contributed by atoms with Crippen molar-refractivity contribution in [1.82, 2.24) is 20.8 Å². The number of hydrogen-bond donors (Lipinski definition) is 4. The van der Waals surface area contributed by atoms with Crippen molar-refractivity contribution >= 4 is 22.3 Å². The van der Waals surface area contributed by atoms with Crippen LogP contribution in [0.1, 0.15) is 23.6 Å². The van der Waals surface area contributed by atoms with Crippen LogP contribution >= 0.6 is 0 Å². The molecule has 0 fully saturated rings. The van der Waals surface area contributed by atoms with Crippen LogP contribution in [0.3, 0.4) is 0 Å². The van der Waals surface area contributed by atoms with Crippen molar-refractivity contribution in [3.63, 3.8) is 0 Å². The number of likely N-dealkylation sites (N-methyl/N-ethyl adjacent to an activating group) is 1. The Labute approximate surface area is 152 Å². The van der Waals surface area contributed by atoms with Crippen LogP contribution in [0.2, 0.25) is 0 Å². The number of hydrogen-bond acceptors (Lipinski definition) is 3. The Bertz CT molecular complexity index is 995. The van der Waals surface area contributed by atoms with Crippen LogP contribution in [0.4, 0.5) is 17.6 Å². The maximum absolute atomic E-state index is 14.9. The van der Waals surface area contributed by atoms with Crippen LogP contribution in [0, 0.1) is 11.2 Å². The van der Waals surface area contributed by atoms with Crippen LogP contribution < -0.4 is 10.6 Å². The molecule has 0 aliphatic carbocycles. The molecule has 2 aromatic rings. The maximum atomic E-state index is 14.9. The molecule has 0 spiro atoms. The van der Waals surface area contributed by atoms with Crippen molar-refractivity contribution in [1.29, 1.82) is 5.41 Å². The van der Waals surface area contributed by atoms with Gasteiger partial charge in [0.1, 0.15) is 17.2 Å². The molecule has 0 atom stereocenters. The van der Waals surface area contributed by atoms with E-state index in [4.69, 9.17) is 5.41 Å². The molecule has 5 nitrogen and oxygen atoms in total. The van der Waals surface area contributed by atoms with Crippen LogP contribution in [-0.2, 0) is 12.6 Å². The number of aromatic nitrogens is 2. The minimum absolute atomic E-state index is 0.0305. The van der Waals surface area contributed by atoms with Crippen molar-refractivity contribution in [2.45, 2.75) is 19.5 Å². The Morgan fingerprint density at radius 3 is 2.74 bits per heavy atom. The quantitative estimate of drug-likeness (QED) is 0.372. The zero-order chi connectivity index (χ0) is 19.8. The van der Waals surface area contributed by atoms with E-state index in [1.54, 1.807) is 32.3 Å². The van der Waals surface area contributed by atoms with Gasteiger partial charge in [-0.2, -0.15) is 18.3 Å². The van der Waals surface area contributed by atoms with Crippen molar-refractivity contribution in [2.24, 2.45) is 0 Å². The molecule has 0 amide bonds. The number of nitrogens with zero attached hydrogens (tertiary/aromatic N) is 1. The van der Waals surface area contributed by atoms with Gasteiger partial charge in [0.2, 0.25) is 0 Å². The molecule has 0 saturated heterocycles. The normalized spacial score (nSPS) is 15.8. The number of amidine groups is 1. The van der Waals surface area contributed by atoms with E-state index in [0.717, 1.165) is 0 Å². The SMILES string of the molecule is CCc1c(F)c(C(F)(F)F)c2[nH]ncc2c1C1=C/C(=C/C(=N)NC)NC=C1. The highest BCUT2D eigenvalue weighted by Crippen LogP contribution is 2.42. The predicted octanol–water partition coefficient (Wildman–Crippen LogP) is 3.86. The number of H-pyrrole nitrogens is 1. The Kier molecular flexibility index (Phi) is 4.77. The lowest BCUT2D eigenvalue weighted by Crippen LogP contribution is -2.18. The largest absolute Gasteiger partial charge is 0.421 e. The van der Waals surface area contributed by atoms with Crippen molar-refractivity contribution < 1.29 is 17.6 Å². The number of dihydropyridines is 1. The summed E-state index contributed by atoms with van der Waals surface area (Å²) in [6, 6.07) is 0. The van der Waals surface area contributed by atoms with E-state index in [2.05, 4.69) is 20.8 Å². The topological polar surface area (TPSA) is 76.6 Å². The summed E-state index contributed by atoms with van der Waals surface area (Å²) in [4.78, 5) is 0. The maximum Gasteiger partial charge on any atom is 0.421 e. The van der Waals surface area contributed by atoms with Gasteiger partial charge in [-0.05, 0) is 35.3 Å². The monoisotopic (exact) mass is 379 g/mol. The first kappa shape index (κ1) is 18.7. The average Bonchev–Trinajstić information content (AvgIpc) is 3.07. The van der Waals surface area contributed by atoms with Gasteiger partial charge < -0.3 is 10.6 Å². The zero-order valence-electron chi connectivity index (χ0n) is 14.6. The van der Waals surface area contributed by atoms with Crippen molar-refractivity contribution in [3.8, 4) is 0 Å². The van der Waals surface area contributed by atoms with Gasteiger partial charge >= 0.3 is 6.18 Å². The van der Waals surface area contributed by atoms with E-state index in [0.29, 0.717) is 16.8 Å². The number of nitrogens with one attached hydrogen (secondary N) is 4. The first-order chi connectivity index (χ1) is 12.8. The number of benzene rings is 1. The third-order valence-corrected chi connectivity index (χ3v) is 4.26. The molecular weight excluding hydrogens is 362 g/mol. The molecule has 2 heterocycles. The molecule has 0 saturated carbocycles. The molecule has 1 aromatic carbocycles. The summed E-state index contributed by atoms with van der Waals surface area (Å²) < 4.78 is 55.1. The molecule has 0 bridgehead atoms. The van der Waals surface area contributed by atoms with Crippen LogP contribution in [0.5, 0.6) is 0 Å². The number of fused-ring (bicyclic) bond motifs is 1. The smallest absolute Gasteiger partial charge is 0.374 e. The number of halogens is 4. The summed E-state index contributed by atoms with van der Waals surface area (Å²) >= 11 is 0. The summed E-state index contributed by atoms with van der Waals surface area (Å²) in [6.45, 7) is 1.60. The summed E-state index contributed by atoms with van der Waals surface area (Å²) in [7, 11) is 1.60. The van der Waals surface area contributed by atoms with E-state index in [1.807, 2.05) is 0 Å². The molecular formula is C18H17F4N5. The highest BCUT2D eigenvalue weighted by atomic mass is 19.4. The second-order valence-corrected chi connectivity index (χ2v) is 5.89.